The molecule has 1 aliphatic heterocycles. The van der Waals surface area contributed by atoms with Crippen LogP contribution in [0.1, 0.15) is 51.6 Å². The topological polar surface area (TPSA) is 15.3 Å². The molecule has 1 aromatic rings. The average molecular weight is 274 g/mol. The van der Waals surface area contributed by atoms with Crippen LogP contribution in [0, 0.1) is 5.41 Å². The second-order valence-corrected chi connectivity index (χ2v) is 6.80. The fraction of sp³-hybridized carbons (Fsp3) is 0.667. The van der Waals surface area contributed by atoms with E-state index in [-0.39, 0.29) is 5.41 Å². The summed E-state index contributed by atoms with van der Waals surface area (Å²) >= 11 is 0. The van der Waals surface area contributed by atoms with Crippen molar-refractivity contribution in [2.45, 2.75) is 52.1 Å². The average Bonchev–Trinajstić information content (AvgIpc) is 2.86. The second kappa shape index (κ2) is 6.73. The fourth-order valence-corrected chi connectivity index (χ4v) is 3.83. The van der Waals surface area contributed by atoms with Crippen LogP contribution in [0.5, 0.6) is 0 Å². The summed E-state index contributed by atoms with van der Waals surface area (Å²) < 4.78 is 0. The molecule has 1 aliphatic rings. The minimum absolute atomic E-state index is 0.230. The van der Waals surface area contributed by atoms with E-state index in [9.17, 15) is 0 Å². The molecule has 1 saturated heterocycles. The summed E-state index contributed by atoms with van der Waals surface area (Å²) in [6, 6.07) is 12.1. The van der Waals surface area contributed by atoms with E-state index in [0.29, 0.717) is 6.04 Å². The van der Waals surface area contributed by atoms with Gasteiger partial charge in [0.2, 0.25) is 0 Å². The van der Waals surface area contributed by atoms with Crippen molar-refractivity contribution in [3.8, 4) is 0 Å². The molecule has 2 nitrogen and oxygen atoms in total. The van der Waals surface area contributed by atoms with Gasteiger partial charge in [-0.1, -0.05) is 51.1 Å². The summed E-state index contributed by atoms with van der Waals surface area (Å²) in [5, 5.41) is 3.54. The van der Waals surface area contributed by atoms with Crippen LogP contribution < -0.4 is 5.32 Å². The van der Waals surface area contributed by atoms with E-state index in [4.69, 9.17) is 0 Å². The lowest BCUT2D eigenvalue weighted by molar-refractivity contribution is 0.128. The SMILES string of the molecule is CCC1CCCN1CC(C)(C)C(NC)c1ccccc1. The molecule has 2 rings (SSSR count). The highest BCUT2D eigenvalue weighted by atomic mass is 15.2. The summed E-state index contributed by atoms with van der Waals surface area (Å²) in [5.41, 5.74) is 1.63. The summed E-state index contributed by atoms with van der Waals surface area (Å²) in [6.45, 7) is 9.56. The van der Waals surface area contributed by atoms with Crippen molar-refractivity contribution < 1.29 is 0 Å². The van der Waals surface area contributed by atoms with Crippen LogP contribution in [-0.4, -0.2) is 31.1 Å². The maximum absolute atomic E-state index is 3.54. The predicted octanol–water partition coefficient (Wildman–Crippen LogP) is 3.85. The first kappa shape index (κ1) is 15.5. The standard InChI is InChI=1S/C18H30N2/c1-5-16-12-9-13-20(16)14-18(2,3)17(19-4)15-10-7-6-8-11-15/h6-8,10-11,16-17,19H,5,9,12-14H2,1-4H3. The molecule has 0 spiro atoms. The minimum atomic E-state index is 0.230. The lowest BCUT2D eigenvalue weighted by atomic mass is 9.79. The minimum Gasteiger partial charge on any atom is -0.313 e. The highest BCUT2D eigenvalue weighted by molar-refractivity contribution is 5.21. The third-order valence-corrected chi connectivity index (χ3v) is 4.78. The molecule has 0 aliphatic carbocycles. The number of rotatable bonds is 6. The second-order valence-electron chi connectivity index (χ2n) is 6.80. The smallest absolute Gasteiger partial charge is 0.0381 e. The number of likely N-dealkylation sites (tertiary alicyclic amines) is 1. The van der Waals surface area contributed by atoms with E-state index in [1.54, 1.807) is 0 Å². The van der Waals surface area contributed by atoms with Crippen molar-refractivity contribution in [1.29, 1.82) is 0 Å². The molecule has 0 saturated carbocycles. The first-order chi connectivity index (χ1) is 9.58. The van der Waals surface area contributed by atoms with Crippen molar-refractivity contribution in [2.75, 3.05) is 20.1 Å². The Balaban J connectivity index is 2.11. The lowest BCUT2D eigenvalue weighted by Crippen LogP contribution is -2.43. The van der Waals surface area contributed by atoms with Crippen molar-refractivity contribution >= 4 is 0 Å². The molecule has 0 aromatic heterocycles. The zero-order chi connectivity index (χ0) is 14.6. The quantitative estimate of drug-likeness (QED) is 0.847. The summed E-state index contributed by atoms with van der Waals surface area (Å²) in [7, 11) is 2.08. The largest absolute Gasteiger partial charge is 0.313 e. The molecule has 2 heteroatoms. The van der Waals surface area contributed by atoms with E-state index in [1.807, 2.05) is 0 Å². The van der Waals surface area contributed by atoms with Gasteiger partial charge in [-0.15, -0.1) is 0 Å². The molecular formula is C18H30N2. The van der Waals surface area contributed by atoms with Crippen molar-refractivity contribution in [3.63, 3.8) is 0 Å². The van der Waals surface area contributed by atoms with Gasteiger partial charge in [0.05, 0.1) is 0 Å². The number of hydrogen-bond acceptors (Lipinski definition) is 2. The monoisotopic (exact) mass is 274 g/mol. The van der Waals surface area contributed by atoms with E-state index >= 15 is 0 Å². The Labute approximate surface area is 124 Å². The lowest BCUT2D eigenvalue weighted by Gasteiger charge is -2.39. The maximum Gasteiger partial charge on any atom is 0.0381 e. The highest BCUT2D eigenvalue weighted by Crippen LogP contribution is 2.36. The van der Waals surface area contributed by atoms with Crippen LogP contribution in [0.2, 0.25) is 0 Å². The van der Waals surface area contributed by atoms with Gasteiger partial charge in [-0.05, 0) is 43.8 Å². The third kappa shape index (κ3) is 3.42. The van der Waals surface area contributed by atoms with Crippen LogP contribution in [0.15, 0.2) is 30.3 Å². The van der Waals surface area contributed by atoms with Gasteiger partial charge >= 0.3 is 0 Å². The molecule has 1 N–H and O–H groups in total. The Bertz CT molecular complexity index is 399. The first-order valence-electron chi connectivity index (χ1n) is 8.04. The van der Waals surface area contributed by atoms with Crippen LogP contribution in [-0.2, 0) is 0 Å². The molecule has 0 amide bonds. The maximum atomic E-state index is 3.54. The normalized spacial score (nSPS) is 22.1. The molecule has 0 radical (unpaired) electrons. The number of nitrogens with one attached hydrogen (secondary N) is 1. The van der Waals surface area contributed by atoms with Gasteiger partial charge in [0.15, 0.2) is 0 Å². The number of benzene rings is 1. The summed E-state index contributed by atoms with van der Waals surface area (Å²) in [5.74, 6) is 0. The van der Waals surface area contributed by atoms with E-state index in [2.05, 4.69) is 68.4 Å². The molecule has 20 heavy (non-hydrogen) atoms. The Hall–Kier alpha value is -0.860. The predicted molar refractivity (Wildman–Crippen MR) is 86.9 cm³/mol. The molecule has 1 heterocycles. The van der Waals surface area contributed by atoms with Gasteiger partial charge in [-0.2, -0.15) is 0 Å². The molecule has 112 valence electrons. The van der Waals surface area contributed by atoms with Crippen LogP contribution in [0.4, 0.5) is 0 Å². The van der Waals surface area contributed by atoms with Gasteiger partial charge < -0.3 is 5.32 Å². The Morgan fingerprint density at radius 3 is 2.60 bits per heavy atom. The molecular weight excluding hydrogens is 244 g/mol. The van der Waals surface area contributed by atoms with Crippen LogP contribution in [0.25, 0.3) is 0 Å². The fourth-order valence-electron chi connectivity index (χ4n) is 3.83. The third-order valence-electron chi connectivity index (χ3n) is 4.78. The first-order valence-corrected chi connectivity index (χ1v) is 8.04. The summed E-state index contributed by atoms with van der Waals surface area (Å²) in [4.78, 5) is 2.70. The van der Waals surface area contributed by atoms with Gasteiger partial charge in [-0.25, -0.2) is 0 Å². The van der Waals surface area contributed by atoms with E-state index < -0.39 is 0 Å². The molecule has 1 aromatic carbocycles. The van der Waals surface area contributed by atoms with Gasteiger partial charge in [0, 0.05) is 18.6 Å². The Kier molecular flexibility index (Phi) is 5.22. The van der Waals surface area contributed by atoms with Gasteiger partial charge in [0.1, 0.15) is 0 Å². The Morgan fingerprint density at radius 2 is 2.00 bits per heavy atom. The number of nitrogens with zero attached hydrogens (tertiary/aromatic N) is 1. The van der Waals surface area contributed by atoms with Crippen molar-refractivity contribution in [3.05, 3.63) is 35.9 Å². The van der Waals surface area contributed by atoms with E-state index in [1.165, 1.54) is 37.9 Å². The highest BCUT2D eigenvalue weighted by Gasteiger charge is 2.34. The van der Waals surface area contributed by atoms with Crippen LogP contribution in [0.3, 0.4) is 0 Å². The molecule has 2 unspecified atom stereocenters. The zero-order valence-electron chi connectivity index (χ0n) is 13.5. The van der Waals surface area contributed by atoms with Crippen molar-refractivity contribution in [2.24, 2.45) is 5.41 Å². The van der Waals surface area contributed by atoms with E-state index in [0.717, 1.165) is 6.04 Å². The zero-order valence-corrected chi connectivity index (χ0v) is 13.5. The van der Waals surface area contributed by atoms with Crippen molar-refractivity contribution in [1.82, 2.24) is 10.2 Å². The van der Waals surface area contributed by atoms with Gasteiger partial charge in [0.25, 0.3) is 0 Å². The Morgan fingerprint density at radius 1 is 1.30 bits per heavy atom. The molecule has 1 fully saturated rings. The van der Waals surface area contributed by atoms with Gasteiger partial charge in [-0.3, -0.25) is 4.90 Å². The molecule has 0 bridgehead atoms. The summed E-state index contributed by atoms with van der Waals surface area (Å²) in [6.07, 6.45) is 4.03. The van der Waals surface area contributed by atoms with Crippen LogP contribution >= 0.6 is 0 Å². The number of hydrogen-bond donors (Lipinski definition) is 1. The molecule has 2 atom stereocenters.